The number of likely N-dealkylation sites (tertiary alicyclic amines) is 1. The van der Waals surface area contributed by atoms with Crippen LogP contribution in [-0.4, -0.2) is 55.2 Å². The molecule has 16 heteroatoms. The molecule has 0 aromatic heterocycles. The number of carbonyl (C=O) groups is 2. The predicted octanol–water partition coefficient (Wildman–Crippen LogP) is 6.36. The molecule has 5 rings (SSSR count). The second-order valence-electron chi connectivity index (χ2n) is 11.7. The number of carboxylic acids is 1. The van der Waals surface area contributed by atoms with Crippen molar-refractivity contribution in [2.45, 2.75) is 78.7 Å². The van der Waals surface area contributed by atoms with Gasteiger partial charge in [-0.15, -0.1) is 0 Å². The van der Waals surface area contributed by atoms with Crippen LogP contribution in [0.5, 0.6) is 0 Å². The summed E-state index contributed by atoms with van der Waals surface area (Å²) in [6.07, 6.45) is -13.1. The average Bonchev–Trinajstić information content (AvgIpc) is 3.38. The van der Waals surface area contributed by atoms with Gasteiger partial charge in [0, 0.05) is 18.0 Å². The van der Waals surface area contributed by atoms with Crippen LogP contribution < -0.4 is 0 Å². The van der Waals surface area contributed by atoms with Crippen LogP contribution in [0.15, 0.2) is 41.3 Å². The van der Waals surface area contributed by atoms with Gasteiger partial charge in [-0.2, -0.15) is 26.3 Å². The molecule has 0 spiro atoms. The number of fused-ring (bicyclic) bond motifs is 3. The number of benzene rings is 2. The van der Waals surface area contributed by atoms with E-state index in [1.54, 1.807) is 0 Å². The lowest BCUT2D eigenvalue weighted by molar-refractivity contribution is -0.348. The predicted molar refractivity (Wildman–Crippen MR) is 138 cm³/mol. The summed E-state index contributed by atoms with van der Waals surface area (Å²) in [7, 11) is -4.85. The molecule has 1 amide bonds. The molecule has 246 valence electrons. The van der Waals surface area contributed by atoms with E-state index in [1.807, 2.05) is 0 Å². The molecule has 2 aromatic carbocycles. The van der Waals surface area contributed by atoms with Crippen molar-refractivity contribution in [3.05, 3.63) is 64.7 Å². The molecule has 0 radical (unpaired) electrons. The van der Waals surface area contributed by atoms with Crippen molar-refractivity contribution in [3.63, 3.8) is 0 Å². The number of aryl methyl sites for hydroxylation is 1. The summed E-state index contributed by atoms with van der Waals surface area (Å²) in [5, 5.41) is 9.29. The van der Waals surface area contributed by atoms with E-state index in [0.717, 1.165) is 6.07 Å². The fourth-order valence-electron chi connectivity index (χ4n) is 7.17. The Morgan fingerprint density at radius 2 is 1.42 bits per heavy atom. The SMILES string of the molecule is O=C(O)C1CCC(C(=O)N2CCC3(S(=O)(=O)c4ccc(F)c(F)c4)c4ccc(C(F)(C(F)(F)F)C(F)(F)F)cc4CCC23)CC1. The zero-order chi connectivity index (χ0) is 33.3. The average molecular weight is 672 g/mol. The fourth-order valence-corrected chi connectivity index (χ4v) is 9.55. The molecule has 2 fully saturated rings. The Bertz CT molecular complexity index is 1620. The van der Waals surface area contributed by atoms with Gasteiger partial charge in [-0.3, -0.25) is 9.59 Å². The van der Waals surface area contributed by atoms with Crippen molar-refractivity contribution in [1.29, 1.82) is 0 Å². The highest BCUT2D eigenvalue weighted by Crippen LogP contribution is 2.57. The first kappa shape index (κ1) is 33.1. The second-order valence-corrected chi connectivity index (χ2v) is 13.9. The number of aliphatic carboxylic acids is 1. The van der Waals surface area contributed by atoms with Crippen molar-refractivity contribution < 1.29 is 62.6 Å². The molecule has 1 N–H and O–H groups in total. The number of carboxylic acid groups (broad SMARTS) is 1. The molecule has 0 bridgehead atoms. The number of carbonyl (C=O) groups excluding carboxylic acids is 1. The van der Waals surface area contributed by atoms with Crippen LogP contribution in [0.4, 0.5) is 39.5 Å². The molecule has 1 aliphatic heterocycles. The number of sulfone groups is 1. The van der Waals surface area contributed by atoms with Crippen LogP contribution in [0.3, 0.4) is 0 Å². The zero-order valence-corrected chi connectivity index (χ0v) is 24.0. The van der Waals surface area contributed by atoms with Crippen LogP contribution in [0.1, 0.15) is 55.2 Å². The Labute approximate surface area is 251 Å². The number of amides is 1. The summed E-state index contributed by atoms with van der Waals surface area (Å²) in [6, 6.07) is 1.69. The third-order valence-corrected chi connectivity index (χ3v) is 12.0. The number of rotatable bonds is 5. The van der Waals surface area contributed by atoms with Gasteiger partial charge in [0.25, 0.3) is 0 Å². The quantitative estimate of drug-likeness (QED) is 0.295. The van der Waals surface area contributed by atoms with Gasteiger partial charge in [-0.1, -0.05) is 18.2 Å². The maximum absolute atomic E-state index is 15.0. The number of nitrogens with zero attached hydrogens (tertiary/aromatic N) is 1. The van der Waals surface area contributed by atoms with E-state index in [2.05, 4.69) is 0 Å². The summed E-state index contributed by atoms with van der Waals surface area (Å²) in [6.45, 7) is -0.218. The van der Waals surface area contributed by atoms with Crippen molar-refractivity contribution in [3.8, 4) is 0 Å². The Morgan fingerprint density at radius 1 is 0.822 bits per heavy atom. The minimum absolute atomic E-state index is 0.190. The number of hydrogen-bond donors (Lipinski definition) is 1. The van der Waals surface area contributed by atoms with Gasteiger partial charge in [-0.25, -0.2) is 21.6 Å². The third kappa shape index (κ3) is 4.97. The minimum atomic E-state index is -6.41. The van der Waals surface area contributed by atoms with Crippen LogP contribution in [0.25, 0.3) is 0 Å². The van der Waals surface area contributed by atoms with Crippen molar-refractivity contribution >= 4 is 21.7 Å². The number of halogens is 9. The second kappa shape index (κ2) is 10.9. The molecule has 2 aliphatic carbocycles. The maximum Gasteiger partial charge on any atom is 0.435 e. The highest BCUT2D eigenvalue weighted by Gasteiger charge is 2.74. The summed E-state index contributed by atoms with van der Waals surface area (Å²) < 4.78 is 151. The van der Waals surface area contributed by atoms with E-state index in [9.17, 15) is 62.6 Å². The fraction of sp³-hybridized carbons (Fsp3) is 0.517. The van der Waals surface area contributed by atoms with E-state index in [0.29, 0.717) is 24.3 Å². The van der Waals surface area contributed by atoms with Gasteiger partial charge in [0.05, 0.1) is 16.9 Å². The topological polar surface area (TPSA) is 91.8 Å². The lowest BCUT2D eigenvalue weighted by atomic mass is 9.76. The first-order valence-corrected chi connectivity index (χ1v) is 15.4. The third-order valence-electron chi connectivity index (χ3n) is 9.46. The molecular formula is C29H26F9NO5S. The summed E-state index contributed by atoms with van der Waals surface area (Å²) >= 11 is 0. The Hall–Kier alpha value is -3.30. The van der Waals surface area contributed by atoms with Crippen LogP contribution in [-0.2, 0) is 36.3 Å². The van der Waals surface area contributed by atoms with Crippen LogP contribution in [0, 0.1) is 23.5 Å². The molecule has 1 heterocycles. The minimum Gasteiger partial charge on any atom is -0.481 e. The highest BCUT2D eigenvalue weighted by molar-refractivity contribution is 7.92. The van der Waals surface area contributed by atoms with E-state index < -0.39 is 90.9 Å². The first-order valence-electron chi connectivity index (χ1n) is 14.0. The van der Waals surface area contributed by atoms with Gasteiger partial charge in [0.2, 0.25) is 5.91 Å². The van der Waals surface area contributed by atoms with Crippen LogP contribution >= 0.6 is 0 Å². The first-order chi connectivity index (χ1) is 20.8. The van der Waals surface area contributed by atoms with Crippen molar-refractivity contribution in [1.82, 2.24) is 4.90 Å². The zero-order valence-electron chi connectivity index (χ0n) is 23.2. The van der Waals surface area contributed by atoms with Crippen LogP contribution in [0.2, 0.25) is 0 Å². The maximum atomic E-state index is 15.0. The molecule has 2 atom stereocenters. The smallest absolute Gasteiger partial charge is 0.435 e. The summed E-state index contributed by atoms with van der Waals surface area (Å²) in [4.78, 5) is 25.6. The Kier molecular flexibility index (Phi) is 8.01. The summed E-state index contributed by atoms with van der Waals surface area (Å²) in [5.41, 5.74) is -8.18. The molecule has 3 aliphatic rings. The summed E-state index contributed by atoms with van der Waals surface area (Å²) in [5.74, 6) is -5.76. The molecule has 1 saturated heterocycles. The molecular weight excluding hydrogens is 645 g/mol. The molecule has 2 aromatic rings. The van der Waals surface area contributed by atoms with Gasteiger partial charge in [0.1, 0.15) is 4.75 Å². The molecule has 1 saturated carbocycles. The van der Waals surface area contributed by atoms with E-state index in [1.165, 1.54) is 4.90 Å². The van der Waals surface area contributed by atoms with Crippen molar-refractivity contribution in [2.75, 3.05) is 6.54 Å². The normalized spacial score (nSPS) is 25.9. The Morgan fingerprint density at radius 3 is 1.98 bits per heavy atom. The van der Waals surface area contributed by atoms with Gasteiger partial charge in [-0.05, 0) is 74.3 Å². The number of alkyl halides is 7. The largest absolute Gasteiger partial charge is 0.481 e. The number of hydrogen-bond acceptors (Lipinski definition) is 4. The molecule has 6 nitrogen and oxygen atoms in total. The van der Waals surface area contributed by atoms with Gasteiger partial charge < -0.3 is 10.0 Å². The molecule has 45 heavy (non-hydrogen) atoms. The van der Waals surface area contributed by atoms with Gasteiger partial charge >= 0.3 is 24.0 Å². The molecule has 2 unspecified atom stereocenters. The monoisotopic (exact) mass is 671 g/mol. The van der Waals surface area contributed by atoms with E-state index in [-0.39, 0.29) is 62.3 Å². The van der Waals surface area contributed by atoms with E-state index >= 15 is 0 Å². The van der Waals surface area contributed by atoms with Gasteiger partial charge in [0.15, 0.2) is 21.5 Å². The Balaban J connectivity index is 1.64. The van der Waals surface area contributed by atoms with E-state index in [4.69, 9.17) is 0 Å². The standard InChI is InChI=1S/C29H26F9NO5S/c30-21-9-7-19(14-22(21)31)45(43,44)26-11-12-39(24(40)15-1-3-16(4-2-15)25(41)42)23(26)10-5-17-13-18(6-8-20(17)26)27(32,28(33,34)35)29(36,37)38/h6-9,13-16,23H,1-5,10-12H2,(H,41,42). The van der Waals surface area contributed by atoms with Crippen molar-refractivity contribution in [2.24, 2.45) is 11.8 Å². The lowest BCUT2D eigenvalue weighted by Gasteiger charge is -2.44. The lowest BCUT2D eigenvalue weighted by Crippen LogP contribution is -2.54. The highest BCUT2D eigenvalue weighted by atomic mass is 32.2.